The van der Waals surface area contributed by atoms with Crippen molar-refractivity contribution in [3.8, 4) is 0 Å². The molecule has 0 aromatic carbocycles. The number of aliphatic imine (C=N–C) groups is 1. The molecule has 2 heterocycles. The highest BCUT2D eigenvalue weighted by atomic mass is 32.1. The second-order valence-electron chi connectivity index (χ2n) is 7.55. The first-order chi connectivity index (χ1) is 12.8. The summed E-state index contributed by atoms with van der Waals surface area (Å²) in [5.74, 6) is 1.10. The molecular weight excluding hydrogens is 344 g/mol. The largest absolute Gasteiger partial charge is 0.385 e. The Kier molecular flexibility index (Phi) is 7.20. The third-order valence-electron chi connectivity index (χ3n) is 5.80. The molecule has 3 rings (SSSR count). The van der Waals surface area contributed by atoms with E-state index in [4.69, 9.17) is 9.73 Å². The van der Waals surface area contributed by atoms with E-state index < -0.39 is 0 Å². The van der Waals surface area contributed by atoms with Crippen LogP contribution in [0.4, 0.5) is 5.00 Å². The number of anilines is 1. The van der Waals surface area contributed by atoms with Gasteiger partial charge in [-0.1, -0.05) is 12.8 Å². The fraction of sp³-hybridized carbons (Fsp3) is 0.750. The predicted molar refractivity (Wildman–Crippen MR) is 111 cm³/mol. The van der Waals surface area contributed by atoms with Crippen LogP contribution in [0.2, 0.25) is 0 Å². The molecule has 1 saturated heterocycles. The first-order valence-corrected chi connectivity index (χ1v) is 10.9. The van der Waals surface area contributed by atoms with Crippen LogP contribution in [0.25, 0.3) is 0 Å². The Morgan fingerprint density at radius 2 is 2.04 bits per heavy atom. The first kappa shape index (κ1) is 19.5. The van der Waals surface area contributed by atoms with Crippen molar-refractivity contribution in [2.45, 2.75) is 39.0 Å². The Balaban J connectivity index is 1.60. The van der Waals surface area contributed by atoms with E-state index in [-0.39, 0.29) is 0 Å². The van der Waals surface area contributed by atoms with Gasteiger partial charge < -0.3 is 19.9 Å². The van der Waals surface area contributed by atoms with Crippen molar-refractivity contribution < 1.29 is 4.74 Å². The molecule has 1 saturated carbocycles. The summed E-state index contributed by atoms with van der Waals surface area (Å²) in [4.78, 5) is 10.0. The zero-order valence-corrected chi connectivity index (χ0v) is 17.2. The smallest absolute Gasteiger partial charge is 0.194 e. The highest BCUT2D eigenvalue weighted by molar-refractivity contribution is 7.14. The summed E-state index contributed by atoms with van der Waals surface area (Å²) in [6, 6.07) is 4.36. The molecule has 5 nitrogen and oxygen atoms in total. The van der Waals surface area contributed by atoms with Crippen molar-refractivity contribution in [3.63, 3.8) is 0 Å². The SMILES string of the molecule is CCNC(=NCC1(CCOC)CCCC1)N1CCN(c2cccs2)CC1. The van der Waals surface area contributed by atoms with E-state index in [1.54, 1.807) is 0 Å². The van der Waals surface area contributed by atoms with Crippen LogP contribution >= 0.6 is 11.3 Å². The molecule has 0 radical (unpaired) electrons. The molecule has 1 aliphatic carbocycles. The van der Waals surface area contributed by atoms with E-state index in [1.807, 2.05) is 18.4 Å². The van der Waals surface area contributed by atoms with Crippen molar-refractivity contribution in [1.29, 1.82) is 0 Å². The lowest BCUT2D eigenvalue weighted by atomic mass is 9.83. The molecule has 0 bridgehead atoms. The maximum Gasteiger partial charge on any atom is 0.194 e. The van der Waals surface area contributed by atoms with Gasteiger partial charge in [-0.2, -0.15) is 0 Å². The zero-order chi connectivity index (χ0) is 18.2. The van der Waals surface area contributed by atoms with Gasteiger partial charge >= 0.3 is 0 Å². The van der Waals surface area contributed by atoms with Crippen molar-refractivity contribution in [3.05, 3.63) is 17.5 Å². The summed E-state index contributed by atoms with van der Waals surface area (Å²) in [5, 5.41) is 7.07. The Bertz CT molecular complexity index is 546. The van der Waals surface area contributed by atoms with Gasteiger partial charge in [0.25, 0.3) is 0 Å². The van der Waals surface area contributed by atoms with Crippen LogP contribution in [0, 0.1) is 5.41 Å². The lowest BCUT2D eigenvalue weighted by Gasteiger charge is -2.37. The van der Waals surface area contributed by atoms with Gasteiger partial charge in [0.05, 0.1) is 5.00 Å². The number of nitrogens with one attached hydrogen (secondary N) is 1. The van der Waals surface area contributed by atoms with Crippen LogP contribution in [0.15, 0.2) is 22.5 Å². The summed E-state index contributed by atoms with van der Waals surface area (Å²) >= 11 is 1.83. The lowest BCUT2D eigenvalue weighted by molar-refractivity contribution is 0.141. The highest BCUT2D eigenvalue weighted by Crippen LogP contribution is 2.41. The van der Waals surface area contributed by atoms with Gasteiger partial charge in [-0.3, -0.25) is 4.99 Å². The normalized spacial score (nSPS) is 20.6. The summed E-state index contributed by atoms with van der Waals surface area (Å²) in [7, 11) is 1.81. The fourth-order valence-electron chi connectivity index (χ4n) is 4.19. The number of thiophene rings is 1. The Hall–Kier alpha value is -1.27. The number of ether oxygens (including phenoxy) is 1. The number of piperazine rings is 1. The number of methoxy groups -OCH3 is 1. The van der Waals surface area contributed by atoms with E-state index in [9.17, 15) is 0 Å². The lowest BCUT2D eigenvalue weighted by Crippen LogP contribution is -2.52. The van der Waals surface area contributed by atoms with Gasteiger partial charge in [0.15, 0.2) is 5.96 Å². The van der Waals surface area contributed by atoms with Crippen LogP contribution in [0.3, 0.4) is 0 Å². The second kappa shape index (κ2) is 9.60. The molecule has 2 fully saturated rings. The number of hydrogen-bond donors (Lipinski definition) is 1. The maximum atomic E-state index is 5.37. The van der Waals surface area contributed by atoms with Crippen LogP contribution in [0.1, 0.15) is 39.0 Å². The average molecular weight is 379 g/mol. The molecule has 0 amide bonds. The molecule has 6 heteroatoms. The molecule has 0 atom stereocenters. The third kappa shape index (κ3) is 4.92. The number of hydrogen-bond acceptors (Lipinski definition) is 4. The van der Waals surface area contributed by atoms with Crippen LogP contribution < -0.4 is 10.2 Å². The Morgan fingerprint density at radius 1 is 1.27 bits per heavy atom. The average Bonchev–Trinajstić information content (AvgIpc) is 3.36. The molecule has 26 heavy (non-hydrogen) atoms. The maximum absolute atomic E-state index is 5.37. The van der Waals surface area contributed by atoms with Gasteiger partial charge in [0, 0.05) is 53.0 Å². The zero-order valence-electron chi connectivity index (χ0n) is 16.4. The van der Waals surface area contributed by atoms with Crippen molar-refractivity contribution in [2.75, 3.05) is 57.9 Å². The van der Waals surface area contributed by atoms with E-state index in [2.05, 4.69) is 39.6 Å². The minimum atomic E-state index is 0.357. The summed E-state index contributed by atoms with van der Waals surface area (Å²) in [6.45, 7) is 9.08. The molecule has 1 aromatic heterocycles. The molecule has 0 spiro atoms. The monoisotopic (exact) mass is 378 g/mol. The van der Waals surface area contributed by atoms with Gasteiger partial charge in [0.1, 0.15) is 0 Å². The molecule has 1 aliphatic heterocycles. The standard InChI is InChI=1S/C20H34N4OS/c1-3-21-19(22-17-20(10-15-25-2)8-4-5-9-20)24-13-11-23(12-14-24)18-7-6-16-26-18/h6-7,16H,3-5,8-15,17H2,1-2H3,(H,21,22). The number of rotatable bonds is 7. The number of nitrogens with zero attached hydrogens (tertiary/aromatic N) is 3. The van der Waals surface area contributed by atoms with E-state index in [1.165, 1.54) is 30.7 Å². The van der Waals surface area contributed by atoms with Gasteiger partial charge in [-0.25, -0.2) is 0 Å². The van der Waals surface area contributed by atoms with E-state index in [0.29, 0.717) is 5.41 Å². The minimum absolute atomic E-state index is 0.357. The summed E-state index contributed by atoms with van der Waals surface area (Å²) < 4.78 is 5.37. The third-order valence-corrected chi connectivity index (χ3v) is 6.73. The van der Waals surface area contributed by atoms with E-state index >= 15 is 0 Å². The molecular formula is C20H34N4OS. The topological polar surface area (TPSA) is 40.1 Å². The van der Waals surface area contributed by atoms with Crippen molar-refractivity contribution >= 4 is 22.3 Å². The highest BCUT2D eigenvalue weighted by Gasteiger charge is 2.33. The molecule has 1 N–H and O–H groups in total. The van der Waals surface area contributed by atoms with Crippen LogP contribution in [0.5, 0.6) is 0 Å². The fourth-order valence-corrected chi connectivity index (χ4v) is 4.97. The Morgan fingerprint density at radius 3 is 2.65 bits per heavy atom. The Labute approximate surface area is 162 Å². The number of guanidine groups is 1. The van der Waals surface area contributed by atoms with E-state index in [0.717, 1.165) is 58.3 Å². The molecule has 146 valence electrons. The van der Waals surface area contributed by atoms with Gasteiger partial charge in [-0.15, -0.1) is 11.3 Å². The van der Waals surface area contributed by atoms with Crippen LogP contribution in [-0.2, 0) is 4.74 Å². The predicted octanol–water partition coefficient (Wildman–Crippen LogP) is 3.43. The molecule has 2 aliphatic rings. The second-order valence-corrected chi connectivity index (χ2v) is 8.47. The minimum Gasteiger partial charge on any atom is -0.385 e. The summed E-state index contributed by atoms with van der Waals surface area (Å²) in [6.07, 6.45) is 6.42. The van der Waals surface area contributed by atoms with Gasteiger partial charge in [-0.05, 0) is 49.1 Å². The quantitative estimate of drug-likeness (QED) is 0.583. The van der Waals surface area contributed by atoms with Gasteiger partial charge in [0.2, 0.25) is 0 Å². The van der Waals surface area contributed by atoms with Crippen LogP contribution in [-0.4, -0.2) is 63.8 Å². The van der Waals surface area contributed by atoms with Crippen molar-refractivity contribution in [2.24, 2.45) is 10.4 Å². The summed E-state index contributed by atoms with van der Waals surface area (Å²) in [5.41, 5.74) is 0.357. The van der Waals surface area contributed by atoms with Crippen molar-refractivity contribution in [1.82, 2.24) is 10.2 Å². The molecule has 1 aromatic rings. The first-order valence-electron chi connectivity index (χ1n) is 10.1. The molecule has 0 unspecified atom stereocenters.